The Bertz CT molecular complexity index is 506. The maximum atomic E-state index is 12.1. The Morgan fingerprint density at radius 1 is 1.32 bits per heavy atom. The number of rotatable bonds is 6. The van der Waals surface area contributed by atoms with Crippen LogP contribution in [0.4, 0.5) is 0 Å². The average molecular weight is 306 g/mol. The Morgan fingerprint density at radius 2 is 2.05 bits per heavy atom. The van der Waals surface area contributed by atoms with Crippen molar-refractivity contribution in [1.82, 2.24) is 9.96 Å². The lowest BCUT2D eigenvalue weighted by molar-refractivity contribution is -0.173. The summed E-state index contributed by atoms with van der Waals surface area (Å²) in [6.07, 6.45) is 0.664. The number of hydrogen-bond acceptors (Lipinski definition) is 4. The van der Waals surface area contributed by atoms with Gasteiger partial charge in [0.15, 0.2) is 0 Å². The monoisotopic (exact) mass is 306 g/mol. The third-order valence-corrected chi connectivity index (χ3v) is 3.81. The molecule has 1 aromatic carbocycles. The van der Waals surface area contributed by atoms with Gasteiger partial charge in [-0.25, -0.2) is 5.06 Å². The Morgan fingerprint density at radius 3 is 2.73 bits per heavy atom. The van der Waals surface area contributed by atoms with Crippen LogP contribution < -0.4 is 0 Å². The maximum Gasteiger partial charge on any atom is 0.250 e. The van der Waals surface area contributed by atoms with E-state index in [1.807, 2.05) is 30.3 Å². The van der Waals surface area contributed by atoms with Crippen LogP contribution in [-0.2, 0) is 25.8 Å². The van der Waals surface area contributed by atoms with Gasteiger partial charge in [-0.2, -0.15) is 0 Å². The predicted octanol–water partition coefficient (Wildman–Crippen LogP) is 1.07. The molecule has 1 fully saturated rings. The smallest absolute Gasteiger partial charge is 0.250 e. The zero-order valence-corrected chi connectivity index (χ0v) is 13.0. The first-order valence-electron chi connectivity index (χ1n) is 7.33. The van der Waals surface area contributed by atoms with Crippen LogP contribution in [0.15, 0.2) is 30.3 Å². The van der Waals surface area contributed by atoms with Crippen molar-refractivity contribution in [1.29, 1.82) is 0 Å². The lowest BCUT2D eigenvalue weighted by Crippen LogP contribution is -2.36. The molecule has 2 rings (SSSR count). The Kier molecular flexibility index (Phi) is 5.91. The molecule has 1 aromatic rings. The summed E-state index contributed by atoms with van der Waals surface area (Å²) in [7, 11) is 3.03. The van der Waals surface area contributed by atoms with Gasteiger partial charge < -0.3 is 9.64 Å². The number of likely N-dealkylation sites (tertiary alicyclic amines) is 1. The first-order valence-corrected chi connectivity index (χ1v) is 7.33. The van der Waals surface area contributed by atoms with Crippen molar-refractivity contribution in [3.63, 3.8) is 0 Å². The largest absolute Gasteiger partial charge is 0.367 e. The summed E-state index contributed by atoms with van der Waals surface area (Å²) in [5, 5.41) is 1.21. The lowest BCUT2D eigenvalue weighted by Gasteiger charge is -2.19. The fourth-order valence-electron chi connectivity index (χ4n) is 2.46. The van der Waals surface area contributed by atoms with E-state index in [2.05, 4.69) is 0 Å². The number of carbonyl (C=O) groups is 2. The highest BCUT2D eigenvalue weighted by Crippen LogP contribution is 2.18. The number of benzene rings is 1. The number of carbonyl (C=O) groups excluding carboxylic acids is 2. The standard InChI is InChI=1S/C16H22N2O4/c1-17(21-2)16(20)14-8-9-18(10-14)15(19)12-22-11-13-6-4-3-5-7-13/h3-7,14H,8-12H2,1-2H3. The number of hydrogen-bond donors (Lipinski definition) is 0. The second-order valence-corrected chi connectivity index (χ2v) is 5.32. The van der Waals surface area contributed by atoms with Crippen molar-refractivity contribution in [2.24, 2.45) is 5.92 Å². The fourth-order valence-corrected chi connectivity index (χ4v) is 2.46. The molecular formula is C16H22N2O4. The van der Waals surface area contributed by atoms with Crippen molar-refractivity contribution >= 4 is 11.8 Å². The van der Waals surface area contributed by atoms with Gasteiger partial charge in [0.1, 0.15) is 6.61 Å². The normalized spacial score (nSPS) is 17.5. The van der Waals surface area contributed by atoms with E-state index in [0.29, 0.717) is 26.1 Å². The zero-order chi connectivity index (χ0) is 15.9. The molecule has 6 heteroatoms. The number of hydroxylamine groups is 2. The molecule has 2 amide bonds. The second-order valence-electron chi connectivity index (χ2n) is 5.32. The zero-order valence-electron chi connectivity index (χ0n) is 13.0. The molecule has 1 heterocycles. The fraction of sp³-hybridized carbons (Fsp3) is 0.500. The third kappa shape index (κ3) is 4.29. The average Bonchev–Trinajstić information content (AvgIpc) is 3.04. The SMILES string of the molecule is CON(C)C(=O)C1CCN(C(=O)COCc2ccccc2)C1. The molecule has 1 aliphatic rings. The molecule has 1 unspecified atom stereocenters. The maximum absolute atomic E-state index is 12.1. The third-order valence-electron chi connectivity index (χ3n) is 3.81. The van der Waals surface area contributed by atoms with Crippen molar-refractivity contribution in [3.8, 4) is 0 Å². The Labute approximate surface area is 130 Å². The molecule has 22 heavy (non-hydrogen) atoms. The molecule has 1 saturated heterocycles. The molecular weight excluding hydrogens is 284 g/mol. The van der Waals surface area contributed by atoms with E-state index in [4.69, 9.17) is 9.57 Å². The van der Waals surface area contributed by atoms with Crippen LogP contribution in [0.2, 0.25) is 0 Å². The predicted molar refractivity (Wildman–Crippen MR) is 80.6 cm³/mol. The summed E-state index contributed by atoms with van der Waals surface area (Å²) in [4.78, 5) is 30.6. The van der Waals surface area contributed by atoms with Crippen molar-refractivity contribution in [2.75, 3.05) is 33.9 Å². The van der Waals surface area contributed by atoms with Crippen LogP contribution in [-0.4, -0.2) is 55.6 Å². The number of amides is 2. The van der Waals surface area contributed by atoms with E-state index in [1.165, 1.54) is 12.2 Å². The van der Waals surface area contributed by atoms with Gasteiger partial charge in [0.05, 0.1) is 19.6 Å². The summed E-state index contributed by atoms with van der Waals surface area (Å²) in [5.74, 6) is -0.364. The number of ether oxygens (including phenoxy) is 1. The van der Waals surface area contributed by atoms with Crippen LogP contribution in [0.1, 0.15) is 12.0 Å². The summed E-state index contributed by atoms with van der Waals surface area (Å²) < 4.78 is 5.45. The van der Waals surface area contributed by atoms with Gasteiger partial charge in [-0.3, -0.25) is 14.4 Å². The topological polar surface area (TPSA) is 59.1 Å². The van der Waals surface area contributed by atoms with Crippen LogP contribution >= 0.6 is 0 Å². The van der Waals surface area contributed by atoms with Crippen LogP contribution in [0, 0.1) is 5.92 Å². The van der Waals surface area contributed by atoms with Crippen LogP contribution in [0.5, 0.6) is 0 Å². The molecule has 0 aliphatic carbocycles. The van der Waals surface area contributed by atoms with Gasteiger partial charge in [-0.05, 0) is 12.0 Å². The van der Waals surface area contributed by atoms with E-state index < -0.39 is 0 Å². The van der Waals surface area contributed by atoms with E-state index in [-0.39, 0.29) is 24.3 Å². The number of nitrogens with zero attached hydrogens (tertiary/aromatic N) is 2. The molecule has 1 aliphatic heterocycles. The molecule has 0 bridgehead atoms. The van der Waals surface area contributed by atoms with Gasteiger partial charge in [0.2, 0.25) is 5.91 Å². The Hall–Kier alpha value is -1.92. The molecule has 120 valence electrons. The molecule has 6 nitrogen and oxygen atoms in total. The van der Waals surface area contributed by atoms with Crippen LogP contribution in [0.3, 0.4) is 0 Å². The van der Waals surface area contributed by atoms with E-state index in [9.17, 15) is 9.59 Å². The van der Waals surface area contributed by atoms with Gasteiger partial charge >= 0.3 is 0 Å². The summed E-state index contributed by atoms with van der Waals surface area (Å²) in [6, 6.07) is 9.71. The minimum Gasteiger partial charge on any atom is -0.367 e. The highest BCUT2D eigenvalue weighted by atomic mass is 16.7. The van der Waals surface area contributed by atoms with Crippen molar-refractivity contribution in [3.05, 3.63) is 35.9 Å². The van der Waals surface area contributed by atoms with E-state index in [0.717, 1.165) is 5.56 Å². The lowest BCUT2D eigenvalue weighted by atomic mass is 10.1. The molecule has 0 saturated carbocycles. The summed E-state index contributed by atoms with van der Waals surface area (Å²) >= 11 is 0. The van der Waals surface area contributed by atoms with Gasteiger partial charge in [0, 0.05) is 20.1 Å². The second kappa shape index (κ2) is 7.91. The minimum absolute atomic E-state index is 0.0376. The Balaban J connectivity index is 1.74. The van der Waals surface area contributed by atoms with E-state index in [1.54, 1.807) is 11.9 Å². The van der Waals surface area contributed by atoms with Gasteiger partial charge in [-0.1, -0.05) is 30.3 Å². The molecule has 1 atom stereocenters. The molecule has 0 aromatic heterocycles. The van der Waals surface area contributed by atoms with Gasteiger partial charge in [0.25, 0.3) is 5.91 Å². The van der Waals surface area contributed by atoms with Crippen molar-refractivity contribution in [2.45, 2.75) is 13.0 Å². The summed E-state index contributed by atoms with van der Waals surface area (Å²) in [5.41, 5.74) is 1.03. The van der Waals surface area contributed by atoms with Gasteiger partial charge in [-0.15, -0.1) is 0 Å². The molecule has 0 spiro atoms. The summed E-state index contributed by atoms with van der Waals surface area (Å²) in [6.45, 7) is 1.46. The first-order chi connectivity index (χ1) is 10.6. The highest BCUT2D eigenvalue weighted by molar-refractivity contribution is 5.82. The quantitative estimate of drug-likeness (QED) is 0.738. The highest BCUT2D eigenvalue weighted by Gasteiger charge is 2.32. The molecule has 0 radical (unpaired) electrons. The van der Waals surface area contributed by atoms with Crippen molar-refractivity contribution < 1.29 is 19.2 Å². The molecule has 0 N–H and O–H groups in total. The van der Waals surface area contributed by atoms with Crippen LogP contribution in [0.25, 0.3) is 0 Å². The first kappa shape index (κ1) is 16.5. The van der Waals surface area contributed by atoms with E-state index >= 15 is 0 Å². The minimum atomic E-state index is -0.192.